The van der Waals surface area contributed by atoms with Gasteiger partial charge in [-0.05, 0) is 31.9 Å². The molecule has 1 aliphatic heterocycles. The molecule has 0 unspecified atom stereocenters. The van der Waals surface area contributed by atoms with Gasteiger partial charge in [0, 0.05) is 6.42 Å². The lowest BCUT2D eigenvalue weighted by Crippen LogP contribution is -2.20. The number of imidazole rings is 1. The highest BCUT2D eigenvalue weighted by Gasteiger charge is 2.33. The van der Waals surface area contributed by atoms with Crippen molar-refractivity contribution in [1.82, 2.24) is 19.5 Å². The number of rotatable bonds is 2. The number of aliphatic hydroxyl groups is 1. The Balaban J connectivity index is 2.02. The Bertz CT molecular complexity index is 1010. The number of aromatic nitrogens is 4. The molecule has 3 aromatic heterocycles. The zero-order chi connectivity index (χ0) is 17.6. The topological polar surface area (TPSA) is 86.2 Å². The Morgan fingerprint density at radius 1 is 1.32 bits per heavy atom. The van der Waals surface area contributed by atoms with Crippen molar-refractivity contribution in [2.45, 2.75) is 32.6 Å². The van der Waals surface area contributed by atoms with E-state index in [0.717, 1.165) is 5.76 Å². The van der Waals surface area contributed by atoms with Gasteiger partial charge in [-0.2, -0.15) is 0 Å². The summed E-state index contributed by atoms with van der Waals surface area (Å²) in [5.74, 6) is 7.60. The molecule has 0 bridgehead atoms. The molecule has 1 N–H and O–H groups in total. The first-order valence-electron chi connectivity index (χ1n) is 7.83. The van der Waals surface area contributed by atoms with E-state index in [1.807, 2.05) is 19.1 Å². The molecule has 25 heavy (non-hydrogen) atoms. The van der Waals surface area contributed by atoms with Crippen LogP contribution in [-0.2, 0) is 4.74 Å². The van der Waals surface area contributed by atoms with E-state index in [1.54, 1.807) is 11.5 Å². The minimum Gasteiger partial charge on any atom is -0.458 e. The lowest BCUT2D eigenvalue weighted by molar-refractivity contribution is -0.00536. The van der Waals surface area contributed by atoms with Crippen LogP contribution in [0, 0.1) is 18.8 Å². The molecule has 7 nitrogen and oxygen atoms in total. The van der Waals surface area contributed by atoms with E-state index in [4.69, 9.17) is 20.8 Å². The SMILES string of the molecule is CC#Cc1nc(Cl)c2nc(-c3ccc(C)o3)n([C@@H]3OCC[C@H]3O)c2n1. The van der Waals surface area contributed by atoms with Crippen LogP contribution in [0.5, 0.6) is 0 Å². The highest BCUT2D eigenvalue weighted by molar-refractivity contribution is 6.33. The predicted octanol–water partition coefficient (Wildman–Crippen LogP) is 2.70. The van der Waals surface area contributed by atoms with Crippen molar-refractivity contribution in [3.63, 3.8) is 0 Å². The first-order chi connectivity index (χ1) is 12.1. The highest BCUT2D eigenvalue weighted by Crippen LogP contribution is 2.35. The maximum Gasteiger partial charge on any atom is 0.208 e. The van der Waals surface area contributed by atoms with E-state index in [-0.39, 0.29) is 11.0 Å². The summed E-state index contributed by atoms with van der Waals surface area (Å²) in [6.45, 7) is 3.99. The smallest absolute Gasteiger partial charge is 0.208 e. The summed E-state index contributed by atoms with van der Waals surface area (Å²) in [6, 6.07) is 3.65. The van der Waals surface area contributed by atoms with E-state index in [1.165, 1.54) is 0 Å². The number of fused-ring (bicyclic) bond motifs is 1. The van der Waals surface area contributed by atoms with Gasteiger partial charge >= 0.3 is 0 Å². The maximum absolute atomic E-state index is 10.3. The lowest BCUT2D eigenvalue weighted by Gasteiger charge is -2.18. The van der Waals surface area contributed by atoms with E-state index in [9.17, 15) is 5.11 Å². The minimum absolute atomic E-state index is 0.193. The Morgan fingerprint density at radius 2 is 2.16 bits per heavy atom. The fourth-order valence-electron chi connectivity index (χ4n) is 2.89. The van der Waals surface area contributed by atoms with Crippen LogP contribution in [0.25, 0.3) is 22.7 Å². The summed E-state index contributed by atoms with van der Waals surface area (Å²) >= 11 is 6.29. The Morgan fingerprint density at radius 3 is 2.80 bits per heavy atom. The molecule has 4 heterocycles. The number of ether oxygens (including phenoxy) is 1. The normalized spacial score (nSPS) is 20.0. The lowest BCUT2D eigenvalue weighted by atomic mass is 10.2. The number of hydrogen-bond donors (Lipinski definition) is 1. The van der Waals surface area contributed by atoms with Crippen LogP contribution >= 0.6 is 11.6 Å². The third-order valence-electron chi connectivity index (χ3n) is 3.98. The van der Waals surface area contributed by atoms with Crippen LogP contribution < -0.4 is 0 Å². The van der Waals surface area contributed by atoms with Gasteiger partial charge in [0.1, 0.15) is 17.4 Å². The van der Waals surface area contributed by atoms with Crippen LogP contribution in [0.4, 0.5) is 0 Å². The van der Waals surface area contributed by atoms with Gasteiger partial charge in [-0.15, -0.1) is 0 Å². The van der Waals surface area contributed by atoms with E-state index in [0.29, 0.717) is 35.8 Å². The van der Waals surface area contributed by atoms with Crippen LogP contribution in [0.2, 0.25) is 5.15 Å². The molecule has 0 saturated carbocycles. The number of nitrogens with zero attached hydrogens (tertiary/aromatic N) is 4. The Kier molecular flexibility index (Phi) is 3.96. The number of hydrogen-bond acceptors (Lipinski definition) is 6. The Hall–Kier alpha value is -2.40. The third kappa shape index (κ3) is 2.68. The van der Waals surface area contributed by atoms with Crippen LogP contribution in [0.3, 0.4) is 0 Å². The molecular formula is C17H15ClN4O3. The fourth-order valence-corrected chi connectivity index (χ4v) is 3.09. The molecule has 0 aliphatic carbocycles. The van der Waals surface area contributed by atoms with Gasteiger partial charge in [0.25, 0.3) is 0 Å². The van der Waals surface area contributed by atoms with Crippen molar-refractivity contribution >= 4 is 22.8 Å². The molecule has 0 spiro atoms. The van der Waals surface area contributed by atoms with Crippen molar-refractivity contribution in [3.05, 3.63) is 28.9 Å². The largest absolute Gasteiger partial charge is 0.458 e. The molecule has 4 rings (SSSR count). The predicted molar refractivity (Wildman–Crippen MR) is 90.9 cm³/mol. The summed E-state index contributed by atoms with van der Waals surface area (Å²) in [6.07, 6.45) is -0.776. The molecule has 3 aromatic rings. The molecule has 128 valence electrons. The number of aliphatic hydroxyl groups excluding tert-OH is 1. The fraction of sp³-hybridized carbons (Fsp3) is 0.353. The van der Waals surface area contributed by atoms with E-state index in [2.05, 4.69) is 26.8 Å². The van der Waals surface area contributed by atoms with E-state index < -0.39 is 12.3 Å². The Labute approximate surface area is 148 Å². The molecule has 8 heteroatoms. The summed E-state index contributed by atoms with van der Waals surface area (Å²) in [5.41, 5.74) is 0.864. The monoisotopic (exact) mass is 358 g/mol. The summed E-state index contributed by atoms with van der Waals surface area (Å²) in [4.78, 5) is 13.2. The van der Waals surface area contributed by atoms with Crippen LogP contribution in [-0.4, -0.2) is 37.3 Å². The second-order valence-electron chi connectivity index (χ2n) is 5.72. The average Bonchev–Trinajstić information content (AvgIpc) is 3.26. The summed E-state index contributed by atoms with van der Waals surface area (Å²) < 4.78 is 13.1. The van der Waals surface area contributed by atoms with E-state index >= 15 is 0 Å². The summed E-state index contributed by atoms with van der Waals surface area (Å²) in [5, 5.41) is 10.5. The third-order valence-corrected chi connectivity index (χ3v) is 4.24. The number of halogens is 1. The quantitative estimate of drug-likeness (QED) is 0.560. The number of aryl methyl sites for hydroxylation is 1. The van der Waals surface area contributed by atoms with Gasteiger partial charge < -0.3 is 14.3 Å². The van der Waals surface area contributed by atoms with Crippen molar-refractivity contribution in [2.75, 3.05) is 6.61 Å². The van der Waals surface area contributed by atoms with Crippen molar-refractivity contribution in [3.8, 4) is 23.4 Å². The molecule has 1 saturated heterocycles. The molecule has 1 aliphatic rings. The number of furan rings is 1. The minimum atomic E-state index is -0.679. The van der Waals surface area contributed by atoms with Crippen LogP contribution in [0.1, 0.15) is 31.2 Å². The molecule has 0 amide bonds. The van der Waals surface area contributed by atoms with Gasteiger partial charge in [-0.3, -0.25) is 4.57 Å². The zero-order valence-corrected chi connectivity index (χ0v) is 14.4. The second kappa shape index (κ2) is 6.15. The van der Waals surface area contributed by atoms with Crippen molar-refractivity contribution < 1.29 is 14.3 Å². The second-order valence-corrected chi connectivity index (χ2v) is 6.08. The molecule has 2 atom stereocenters. The first kappa shape index (κ1) is 16.1. The van der Waals surface area contributed by atoms with Gasteiger partial charge in [0.15, 0.2) is 28.6 Å². The maximum atomic E-state index is 10.3. The van der Waals surface area contributed by atoms with Crippen molar-refractivity contribution in [2.24, 2.45) is 0 Å². The van der Waals surface area contributed by atoms with Crippen LogP contribution in [0.15, 0.2) is 16.5 Å². The molecule has 0 aromatic carbocycles. The zero-order valence-electron chi connectivity index (χ0n) is 13.7. The molecular weight excluding hydrogens is 344 g/mol. The molecule has 1 fully saturated rings. The average molecular weight is 359 g/mol. The van der Waals surface area contributed by atoms with Gasteiger partial charge in [0.2, 0.25) is 5.82 Å². The summed E-state index contributed by atoms with van der Waals surface area (Å²) in [7, 11) is 0. The van der Waals surface area contributed by atoms with Crippen molar-refractivity contribution in [1.29, 1.82) is 0 Å². The standard InChI is InChI=1S/C17H15ClN4O3/c1-3-4-12-19-14(18)13-16(20-12)22(17-10(23)7-8-24-17)15(21-13)11-6-5-9(2)25-11/h5-6,10,17,23H,7-8H2,1-2H3/t10-,17-/m1/s1. The highest BCUT2D eigenvalue weighted by atomic mass is 35.5. The molecule has 0 radical (unpaired) electrons. The van der Waals surface area contributed by atoms with Gasteiger partial charge in [-0.1, -0.05) is 17.5 Å². The van der Waals surface area contributed by atoms with Gasteiger partial charge in [0.05, 0.1) is 6.61 Å². The first-order valence-corrected chi connectivity index (χ1v) is 8.21. The van der Waals surface area contributed by atoms with Gasteiger partial charge in [-0.25, -0.2) is 15.0 Å².